The molecule has 0 saturated carbocycles. The van der Waals surface area contributed by atoms with E-state index >= 15 is 0 Å². The van der Waals surface area contributed by atoms with Gasteiger partial charge in [-0.2, -0.15) is 4.31 Å². The van der Waals surface area contributed by atoms with Crippen molar-refractivity contribution in [2.45, 2.75) is 24.3 Å². The van der Waals surface area contributed by atoms with E-state index in [1.807, 2.05) is 43.3 Å². The van der Waals surface area contributed by atoms with Crippen molar-refractivity contribution >= 4 is 20.9 Å². The molecule has 0 amide bonds. The van der Waals surface area contributed by atoms with E-state index in [-0.39, 0.29) is 10.6 Å². The molecule has 6 heteroatoms. The summed E-state index contributed by atoms with van der Waals surface area (Å²) in [5.41, 5.74) is 4.73. The van der Waals surface area contributed by atoms with Gasteiger partial charge in [-0.05, 0) is 54.8 Å². The van der Waals surface area contributed by atoms with Crippen LogP contribution in [-0.2, 0) is 16.4 Å². The molecule has 0 spiro atoms. The molecule has 5 rings (SSSR count). The van der Waals surface area contributed by atoms with Crippen LogP contribution in [0.25, 0.3) is 10.9 Å². The van der Waals surface area contributed by atoms with Crippen LogP contribution in [0.2, 0.25) is 0 Å². The first-order valence-electron chi connectivity index (χ1n) is 9.92. The van der Waals surface area contributed by atoms with E-state index < -0.39 is 16.1 Å². The molecule has 0 saturated heterocycles. The Labute approximate surface area is 175 Å². The van der Waals surface area contributed by atoms with Crippen LogP contribution in [0.5, 0.6) is 5.75 Å². The highest BCUT2D eigenvalue weighted by molar-refractivity contribution is 7.89. The van der Waals surface area contributed by atoms with Gasteiger partial charge in [-0.3, -0.25) is 0 Å². The van der Waals surface area contributed by atoms with Crippen molar-refractivity contribution in [2.75, 3.05) is 6.54 Å². The molecule has 1 aliphatic heterocycles. The maximum Gasteiger partial charge on any atom is 0.244 e. The molecule has 0 fully saturated rings. The van der Waals surface area contributed by atoms with Gasteiger partial charge >= 0.3 is 0 Å². The van der Waals surface area contributed by atoms with Gasteiger partial charge in [0, 0.05) is 23.1 Å². The molecule has 2 heterocycles. The number of hydrogen-bond acceptors (Lipinski definition) is 3. The number of aromatic amines is 1. The number of nitrogens with one attached hydrogen (secondary N) is 1. The molecule has 0 bridgehead atoms. The molecule has 2 N–H and O–H groups in total. The van der Waals surface area contributed by atoms with Crippen LogP contribution in [0.15, 0.2) is 77.7 Å². The fourth-order valence-corrected chi connectivity index (χ4v) is 5.94. The van der Waals surface area contributed by atoms with Gasteiger partial charge in [0.15, 0.2) is 0 Å². The van der Waals surface area contributed by atoms with E-state index in [1.165, 1.54) is 0 Å². The lowest BCUT2D eigenvalue weighted by atomic mass is 9.94. The SMILES string of the molecule is Cc1ccc(S(=O)(=O)N2CCc3c([nH]c4ccccc34)C2c2cccc(O)c2)cc1. The van der Waals surface area contributed by atoms with Crippen molar-refractivity contribution < 1.29 is 13.5 Å². The summed E-state index contributed by atoms with van der Waals surface area (Å²) in [7, 11) is -3.74. The number of benzene rings is 3. The van der Waals surface area contributed by atoms with Crippen LogP contribution in [0.3, 0.4) is 0 Å². The first-order chi connectivity index (χ1) is 14.4. The largest absolute Gasteiger partial charge is 0.508 e. The summed E-state index contributed by atoms with van der Waals surface area (Å²) in [6.45, 7) is 2.30. The minimum atomic E-state index is -3.74. The Morgan fingerprint density at radius 3 is 2.53 bits per heavy atom. The second-order valence-electron chi connectivity index (χ2n) is 7.74. The van der Waals surface area contributed by atoms with Gasteiger partial charge in [0.2, 0.25) is 10.0 Å². The average molecular weight is 419 g/mol. The van der Waals surface area contributed by atoms with E-state index in [2.05, 4.69) is 11.1 Å². The maximum absolute atomic E-state index is 13.6. The summed E-state index contributed by atoms with van der Waals surface area (Å²) >= 11 is 0. The lowest BCUT2D eigenvalue weighted by Gasteiger charge is -2.35. The number of hydrogen-bond donors (Lipinski definition) is 2. The monoisotopic (exact) mass is 418 g/mol. The van der Waals surface area contributed by atoms with Crippen LogP contribution in [0.4, 0.5) is 0 Å². The van der Waals surface area contributed by atoms with Gasteiger partial charge in [0.05, 0.1) is 10.9 Å². The second kappa shape index (κ2) is 7.00. The third-order valence-corrected chi connectivity index (χ3v) is 7.68. The maximum atomic E-state index is 13.6. The fraction of sp³-hybridized carbons (Fsp3) is 0.167. The summed E-state index contributed by atoms with van der Waals surface area (Å²) in [6, 6.07) is 21.3. The topological polar surface area (TPSA) is 73.4 Å². The smallest absolute Gasteiger partial charge is 0.244 e. The number of nitrogens with zero attached hydrogens (tertiary/aromatic N) is 1. The minimum absolute atomic E-state index is 0.114. The van der Waals surface area contributed by atoms with Gasteiger partial charge in [-0.1, -0.05) is 48.0 Å². The Bertz CT molecular complexity index is 1340. The number of aromatic hydroxyl groups is 1. The lowest BCUT2D eigenvalue weighted by Crippen LogP contribution is -2.40. The highest BCUT2D eigenvalue weighted by Gasteiger charge is 2.39. The molecule has 30 heavy (non-hydrogen) atoms. The first-order valence-corrected chi connectivity index (χ1v) is 11.4. The Kier molecular flexibility index (Phi) is 4.41. The zero-order valence-electron chi connectivity index (χ0n) is 16.5. The number of phenolic OH excluding ortho intramolecular Hbond substituents is 1. The van der Waals surface area contributed by atoms with Crippen molar-refractivity contribution in [1.82, 2.24) is 9.29 Å². The average Bonchev–Trinajstić information content (AvgIpc) is 3.12. The summed E-state index contributed by atoms with van der Waals surface area (Å²) in [5.74, 6) is 0.114. The molecule has 0 radical (unpaired) electrons. The number of rotatable bonds is 3. The van der Waals surface area contributed by atoms with Gasteiger partial charge in [-0.15, -0.1) is 0 Å². The Hall–Kier alpha value is -3.09. The van der Waals surface area contributed by atoms with Crippen LogP contribution in [-0.4, -0.2) is 29.4 Å². The van der Waals surface area contributed by atoms with Crippen molar-refractivity contribution in [3.8, 4) is 5.75 Å². The number of fused-ring (bicyclic) bond motifs is 3. The molecule has 5 nitrogen and oxygen atoms in total. The van der Waals surface area contributed by atoms with Crippen LogP contribution >= 0.6 is 0 Å². The van der Waals surface area contributed by atoms with Crippen molar-refractivity contribution in [3.63, 3.8) is 0 Å². The Morgan fingerprint density at radius 1 is 1.00 bits per heavy atom. The van der Waals surface area contributed by atoms with Gasteiger partial charge in [0.25, 0.3) is 0 Å². The number of H-pyrrole nitrogens is 1. The second-order valence-corrected chi connectivity index (χ2v) is 9.63. The summed E-state index contributed by atoms with van der Waals surface area (Å²) in [4.78, 5) is 3.73. The summed E-state index contributed by atoms with van der Waals surface area (Å²) in [5, 5.41) is 11.2. The number of phenols is 1. The molecule has 152 valence electrons. The number of para-hydroxylation sites is 1. The zero-order chi connectivity index (χ0) is 20.9. The van der Waals surface area contributed by atoms with E-state index in [0.717, 1.165) is 33.3 Å². The number of sulfonamides is 1. The number of aromatic nitrogens is 1. The predicted molar refractivity (Wildman–Crippen MR) is 117 cm³/mol. The van der Waals surface area contributed by atoms with Crippen molar-refractivity contribution in [1.29, 1.82) is 0 Å². The fourth-order valence-electron chi connectivity index (χ4n) is 4.35. The standard InChI is InChI=1S/C24H22N2O3S/c1-16-9-11-19(12-10-16)30(28,29)26-14-13-21-20-7-2-3-8-22(20)25-23(21)24(26)17-5-4-6-18(27)15-17/h2-12,15,24-25,27H,13-14H2,1H3. The summed E-state index contributed by atoms with van der Waals surface area (Å²) < 4.78 is 28.8. The molecule has 1 aromatic heterocycles. The first kappa shape index (κ1) is 18.9. The van der Waals surface area contributed by atoms with E-state index in [0.29, 0.717) is 13.0 Å². The molecule has 4 aromatic rings. The van der Waals surface area contributed by atoms with Crippen LogP contribution in [0, 0.1) is 6.92 Å². The third-order valence-electron chi connectivity index (χ3n) is 5.80. The number of aryl methyl sites for hydroxylation is 1. The molecular formula is C24H22N2O3S. The van der Waals surface area contributed by atoms with Gasteiger partial charge in [0.1, 0.15) is 5.75 Å². The van der Waals surface area contributed by atoms with E-state index in [1.54, 1.807) is 34.6 Å². The highest BCUT2D eigenvalue weighted by Crippen LogP contribution is 2.41. The van der Waals surface area contributed by atoms with Crippen molar-refractivity contribution in [2.24, 2.45) is 0 Å². The van der Waals surface area contributed by atoms with E-state index in [4.69, 9.17) is 0 Å². The van der Waals surface area contributed by atoms with E-state index in [9.17, 15) is 13.5 Å². The van der Waals surface area contributed by atoms with Gasteiger partial charge in [-0.25, -0.2) is 8.42 Å². The van der Waals surface area contributed by atoms with Crippen molar-refractivity contribution in [3.05, 3.63) is 95.2 Å². The Balaban J connectivity index is 1.72. The normalized spacial score (nSPS) is 17.2. The highest BCUT2D eigenvalue weighted by atomic mass is 32.2. The Morgan fingerprint density at radius 2 is 1.77 bits per heavy atom. The third kappa shape index (κ3) is 3.00. The quantitative estimate of drug-likeness (QED) is 0.514. The van der Waals surface area contributed by atoms with Crippen LogP contribution in [0.1, 0.15) is 28.4 Å². The molecule has 1 atom stereocenters. The molecule has 0 aliphatic carbocycles. The summed E-state index contributed by atoms with van der Waals surface area (Å²) in [6.07, 6.45) is 0.625. The molecule has 3 aromatic carbocycles. The predicted octanol–water partition coefficient (Wildman–Crippen LogP) is 4.52. The van der Waals surface area contributed by atoms with Gasteiger partial charge < -0.3 is 10.1 Å². The minimum Gasteiger partial charge on any atom is -0.508 e. The zero-order valence-corrected chi connectivity index (χ0v) is 17.4. The molecule has 1 aliphatic rings. The molecule has 1 unspecified atom stereocenters. The van der Waals surface area contributed by atoms with Crippen LogP contribution < -0.4 is 0 Å². The lowest BCUT2D eigenvalue weighted by molar-refractivity contribution is 0.339. The molecular weight excluding hydrogens is 396 g/mol.